The number of hydrogen-bond donors (Lipinski definition) is 1. The molecule has 1 amide bonds. The number of amides is 1. The largest absolute Gasteiger partial charge is 0.462 e. The van der Waals surface area contributed by atoms with E-state index < -0.39 is 0 Å². The van der Waals surface area contributed by atoms with E-state index in [9.17, 15) is 4.79 Å². The van der Waals surface area contributed by atoms with Crippen molar-refractivity contribution in [3.05, 3.63) is 65.6 Å². The monoisotopic (exact) mass is 283 g/mol. The molecule has 0 aliphatic heterocycles. The van der Waals surface area contributed by atoms with Crippen LogP contribution >= 0.6 is 0 Å². The molecule has 1 aromatic heterocycles. The van der Waals surface area contributed by atoms with Crippen LogP contribution in [0.5, 0.6) is 0 Å². The molecule has 3 heteroatoms. The predicted octanol–water partition coefficient (Wildman–Crippen LogP) is 3.74. The molecule has 0 aliphatic carbocycles. The first-order chi connectivity index (χ1) is 10.2. The van der Waals surface area contributed by atoms with Gasteiger partial charge >= 0.3 is 0 Å². The molecule has 2 aromatic rings. The molecular formula is C18H21NO2. The Morgan fingerprint density at radius 3 is 2.67 bits per heavy atom. The summed E-state index contributed by atoms with van der Waals surface area (Å²) in [7, 11) is 0. The molecule has 3 nitrogen and oxygen atoms in total. The number of carbonyl (C=O) groups is 1. The van der Waals surface area contributed by atoms with Gasteiger partial charge < -0.3 is 9.73 Å². The molecule has 0 bridgehead atoms. The summed E-state index contributed by atoms with van der Waals surface area (Å²) in [5.41, 5.74) is 1.34. The molecule has 1 aromatic carbocycles. The number of nitrogens with one attached hydrogen (secondary N) is 1. The summed E-state index contributed by atoms with van der Waals surface area (Å²) >= 11 is 0. The van der Waals surface area contributed by atoms with Crippen molar-refractivity contribution in [1.29, 1.82) is 0 Å². The second-order valence-corrected chi connectivity index (χ2v) is 5.02. The molecule has 1 heterocycles. The molecule has 0 fully saturated rings. The van der Waals surface area contributed by atoms with Gasteiger partial charge in [-0.2, -0.15) is 0 Å². The van der Waals surface area contributed by atoms with Crippen LogP contribution in [0.2, 0.25) is 0 Å². The van der Waals surface area contributed by atoms with Crippen LogP contribution in [0.1, 0.15) is 29.9 Å². The van der Waals surface area contributed by atoms with E-state index >= 15 is 0 Å². The smallest absolute Gasteiger partial charge is 0.244 e. The Labute approximate surface area is 125 Å². The van der Waals surface area contributed by atoms with Gasteiger partial charge in [-0.25, -0.2) is 0 Å². The van der Waals surface area contributed by atoms with E-state index in [-0.39, 0.29) is 5.91 Å². The molecule has 1 N–H and O–H groups in total. The third-order valence-corrected chi connectivity index (χ3v) is 3.19. The number of carbonyl (C=O) groups excluding carboxylic acids is 1. The molecule has 0 saturated heterocycles. The van der Waals surface area contributed by atoms with Gasteiger partial charge in [-0.1, -0.05) is 30.3 Å². The number of furan rings is 1. The van der Waals surface area contributed by atoms with Gasteiger partial charge in [-0.05, 0) is 50.0 Å². The van der Waals surface area contributed by atoms with Gasteiger partial charge in [-0.3, -0.25) is 4.79 Å². The molecule has 0 atom stereocenters. The van der Waals surface area contributed by atoms with Crippen LogP contribution in [-0.4, -0.2) is 12.5 Å². The molecule has 21 heavy (non-hydrogen) atoms. The van der Waals surface area contributed by atoms with E-state index in [1.54, 1.807) is 6.08 Å². The third-order valence-electron chi connectivity index (χ3n) is 3.19. The second-order valence-electron chi connectivity index (χ2n) is 5.02. The van der Waals surface area contributed by atoms with Crippen LogP contribution in [0.4, 0.5) is 0 Å². The zero-order valence-corrected chi connectivity index (χ0v) is 12.3. The Kier molecular flexibility index (Phi) is 5.83. The second kappa shape index (κ2) is 8.10. The van der Waals surface area contributed by atoms with Crippen molar-refractivity contribution in [1.82, 2.24) is 5.32 Å². The highest BCUT2D eigenvalue weighted by Crippen LogP contribution is 2.07. The Balaban J connectivity index is 1.60. The summed E-state index contributed by atoms with van der Waals surface area (Å²) in [6.45, 7) is 2.58. The number of rotatable bonds is 7. The van der Waals surface area contributed by atoms with Crippen molar-refractivity contribution in [3.63, 3.8) is 0 Å². The molecule has 0 unspecified atom stereocenters. The van der Waals surface area contributed by atoms with E-state index in [0.717, 1.165) is 25.0 Å². The first-order valence-corrected chi connectivity index (χ1v) is 7.30. The van der Waals surface area contributed by atoms with Crippen LogP contribution in [0.3, 0.4) is 0 Å². The maximum Gasteiger partial charge on any atom is 0.244 e. The van der Waals surface area contributed by atoms with Gasteiger partial charge in [0, 0.05) is 12.6 Å². The van der Waals surface area contributed by atoms with Gasteiger partial charge in [0.2, 0.25) is 5.91 Å². The predicted molar refractivity (Wildman–Crippen MR) is 84.9 cm³/mol. The van der Waals surface area contributed by atoms with Crippen molar-refractivity contribution in [3.8, 4) is 0 Å². The number of aryl methyl sites for hydroxylation is 2. The highest BCUT2D eigenvalue weighted by atomic mass is 16.3. The number of unbranched alkanes of at least 4 members (excludes halogenated alkanes) is 1. The van der Waals surface area contributed by atoms with Crippen LogP contribution in [0, 0.1) is 6.92 Å². The fraction of sp³-hybridized carbons (Fsp3) is 0.278. The lowest BCUT2D eigenvalue weighted by molar-refractivity contribution is -0.116. The highest BCUT2D eigenvalue weighted by molar-refractivity contribution is 5.91. The SMILES string of the molecule is Cc1ccc(/C=C/C(=O)NCCCCc2ccccc2)o1. The molecule has 2 rings (SSSR count). The van der Waals surface area contributed by atoms with E-state index in [0.29, 0.717) is 12.3 Å². The van der Waals surface area contributed by atoms with E-state index in [1.165, 1.54) is 11.6 Å². The molecule has 0 radical (unpaired) electrons. The number of benzene rings is 1. The zero-order chi connectivity index (χ0) is 14.9. The number of hydrogen-bond acceptors (Lipinski definition) is 2. The molecule has 0 saturated carbocycles. The fourth-order valence-electron chi connectivity index (χ4n) is 2.07. The maximum absolute atomic E-state index is 11.6. The lowest BCUT2D eigenvalue weighted by Gasteiger charge is -2.02. The van der Waals surface area contributed by atoms with Crippen molar-refractivity contribution in [2.24, 2.45) is 0 Å². The van der Waals surface area contributed by atoms with Gasteiger partial charge in [0.05, 0.1) is 0 Å². The van der Waals surface area contributed by atoms with Crippen LogP contribution in [0.15, 0.2) is 53.0 Å². The topological polar surface area (TPSA) is 42.2 Å². The highest BCUT2D eigenvalue weighted by Gasteiger charge is 1.97. The lowest BCUT2D eigenvalue weighted by Crippen LogP contribution is -2.22. The molecule has 0 aliphatic rings. The van der Waals surface area contributed by atoms with E-state index in [4.69, 9.17) is 4.42 Å². The molecule has 0 spiro atoms. The average Bonchev–Trinajstić information content (AvgIpc) is 2.91. The van der Waals surface area contributed by atoms with Crippen molar-refractivity contribution in [2.45, 2.75) is 26.2 Å². The van der Waals surface area contributed by atoms with Gasteiger partial charge in [0.15, 0.2) is 0 Å². The molecular weight excluding hydrogens is 262 g/mol. The van der Waals surface area contributed by atoms with Crippen molar-refractivity contribution >= 4 is 12.0 Å². The quantitative estimate of drug-likeness (QED) is 0.621. The fourth-order valence-corrected chi connectivity index (χ4v) is 2.07. The Morgan fingerprint density at radius 2 is 1.95 bits per heavy atom. The minimum absolute atomic E-state index is 0.0798. The first-order valence-electron chi connectivity index (χ1n) is 7.30. The summed E-state index contributed by atoms with van der Waals surface area (Å²) in [4.78, 5) is 11.6. The summed E-state index contributed by atoms with van der Waals surface area (Å²) in [6, 6.07) is 14.1. The van der Waals surface area contributed by atoms with Crippen LogP contribution < -0.4 is 5.32 Å². The van der Waals surface area contributed by atoms with E-state index in [1.807, 2.05) is 25.1 Å². The standard InChI is InChI=1S/C18H21NO2/c1-15-10-11-17(21-15)12-13-18(20)19-14-6-5-9-16-7-3-2-4-8-16/h2-4,7-8,10-13H,5-6,9,14H2,1H3,(H,19,20)/b13-12+. The van der Waals surface area contributed by atoms with Crippen LogP contribution in [0.25, 0.3) is 6.08 Å². The summed E-state index contributed by atoms with van der Waals surface area (Å²) in [5.74, 6) is 1.46. The summed E-state index contributed by atoms with van der Waals surface area (Å²) in [6.07, 6.45) is 6.31. The Morgan fingerprint density at radius 1 is 1.14 bits per heavy atom. The Bertz CT molecular complexity index is 584. The minimum atomic E-state index is -0.0798. The van der Waals surface area contributed by atoms with Gasteiger partial charge in [-0.15, -0.1) is 0 Å². The first kappa shape index (κ1) is 15.1. The average molecular weight is 283 g/mol. The normalized spacial score (nSPS) is 10.9. The van der Waals surface area contributed by atoms with Gasteiger partial charge in [0.1, 0.15) is 11.5 Å². The summed E-state index contributed by atoms with van der Waals surface area (Å²) < 4.78 is 5.36. The van der Waals surface area contributed by atoms with Crippen molar-refractivity contribution < 1.29 is 9.21 Å². The van der Waals surface area contributed by atoms with Crippen molar-refractivity contribution in [2.75, 3.05) is 6.54 Å². The third kappa shape index (κ3) is 5.69. The summed E-state index contributed by atoms with van der Waals surface area (Å²) in [5, 5.41) is 2.88. The van der Waals surface area contributed by atoms with E-state index in [2.05, 4.69) is 29.6 Å². The lowest BCUT2D eigenvalue weighted by atomic mass is 10.1. The minimum Gasteiger partial charge on any atom is -0.462 e. The zero-order valence-electron chi connectivity index (χ0n) is 12.3. The maximum atomic E-state index is 11.6. The molecule has 110 valence electrons. The van der Waals surface area contributed by atoms with Gasteiger partial charge in [0.25, 0.3) is 0 Å². The Hall–Kier alpha value is -2.29. The van der Waals surface area contributed by atoms with Crippen LogP contribution in [-0.2, 0) is 11.2 Å².